The number of furan rings is 1. The standard InChI is InChI=1S/C22H20O/c1-13-7-9-15-16-10-8-14(2)12-19(16)22-21(18(15)11-13)17-5-3-4-6-20(17)23-22/h3-6,11-12H,7-10H2,1-2H3. The maximum Gasteiger partial charge on any atom is 0.143 e. The average molecular weight is 300 g/mol. The average Bonchev–Trinajstić information content (AvgIpc) is 2.95. The summed E-state index contributed by atoms with van der Waals surface area (Å²) in [7, 11) is 0. The minimum absolute atomic E-state index is 1.01. The number of hydrogen-bond acceptors (Lipinski definition) is 1. The van der Waals surface area contributed by atoms with E-state index in [1.807, 2.05) is 0 Å². The topological polar surface area (TPSA) is 13.1 Å². The number of para-hydroxylation sites is 1. The van der Waals surface area contributed by atoms with Gasteiger partial charge < -0.3 is 4.42 Å². The summed E-state index contributed by atoms with van der Waals surface area (Å²) in [5.41, 5.74) is 10.9. The minimum atomic E-state index is 1.01. The molecule has 1 nitrogen and oxygen atoms in total. The fourth-order valence-electron chi connectivity index (χ4n) is 4.28. The summed E-state index contributed by atoms with van der Waals surface area (Å²) >= 11 is 0. The van der Waals surface area contributed by atoms with Gasteiger partial charge in [0.2, 0.25) is 0 Å². The summed E-state index contributed by atoms with van der Waals surface area (Å²) in [6.45, 7) is 4.49. The van der Waals surface area contributed by atoms with Crippen molar-refractivity contribution in [2.24, 2.45) is 0 Å². The van der Waals surface area contributed by atoms with Gasteiger partial charge in [0.25, 0.3) is 0 Å². The molecule has 3 aromatic rings. The maximum atomic E-state index is 6.33. The van der Waals surface area contributed by atoms with E-state index in [1.54, 1.807) is 5.56 Å². The Bertz CT molecular complexity index is 1030. The highest BCUT2D eigenvalue weighted by atomic mass is 16.3. The lowest BCUT2D eigenvalue weighted by Crippen LogP contribution is -2.08. The third kappa shape index (κ3) is 1.80. The van der Waals surface area contributed by atoms with Gasteiger partial charge in [0.1, 0.15) is 11.2 Å². The molecule has 2 aliphatic rings. The highest BCUT2D eigenvalue weighted by molar-refractivity contribution is 6.12. The van der Waals surface area contributed by atoms with Crippen LogP contribution in [0.4, 0.5) is 0 Å². The Labute approximate surface area is 136 Å². The summed E-state index contributed by atoms with van der Waals surface area (Å²) in [6, 6.07) is 8.47. The second-order valence-electron chi connectivity index (χ2n) is 7.07. The van der Waals surface area contributed by atoms with Crippen LogP contribution in [0.3, 0.4) is 0 Å². The quantitative estimate of drug-likeness (QED) is 0.476. The molecule has 1 heterocycles. The molecule has 2 aromatic carbocycles. The predicted molar refractivity (Wildman–Crippen MR) is 97.7 cm³/mol. The van der Waals surface area contributed by atoms with Crippen molar-refractivity contribution in [1.29, 1.82) is 0 Å². The summed E-state index contributed by atoms with van der Waals surface area (Å²) in [4.78, 5) is 0. The molecule has 0 radical (unpaired) electrons. The molecule has 5 rings (SSSR count). The summed E-state index contributed by atoms with van der Waals surface area (Å²) in [5, 5.41) is 2.57. The first-order valence-electron chi connectivity index (χ1n) is 8.55. The highest BCUT2D eigenvalue weighted by Crippen LogP contribution is 2.44. The normalized spacial score (nSPS) is 17.0. The van der Waals surface area contributed by atoms with Gasteiger partial charge >= 0.3 is 0 Å². The molecule has 0 N–H and O–H groups in total. The number of benzene rings is 2. The zero-order chi connectivity index (χ0) is 15.6. The van der Waals surface area contributed by atoms with Crippen LogP contribution in [0.2, 0.25) is 0 Å². The van der Waals surface area contributed by atoms with E-state index in [0.717, 1.165) is 17.6 Å². The smallest absolute Gasteiger partial charge is 0.143 e. The molecule has 0 saturated carbocycles. The van der Waals surface area contributed by atoms with Crippen molar-refractivity contribution < 1.29 is 4.42 Å². The van der Waals surface area contributed by atoms with Crippen LogP contribution < -0.4 is 0 Å². The van der Waals surface area contributed by atoms with Gasteiger partial charge in [-0.15, -0.1) is 0 Å². The number of rotatable bonds is 0. The van der Waals surface area contributed by atoms with E-state index in [1.165, 1.54) is 57.9 Å². The third-order valence-electron chi connectivity index (χ3n) is 5.44. The van der Waals surface area contributed by atoms with Gasteiger partial charge in [0.15, 0.2) is 0 Å². The first-order valence-corrected chi connectivity index (χ1v) is 8.55. The van der Waals surface area contributed by atoms with Crippen LogP contribution in [0.15, 0.2) is 39.8 Å². The number of hydrogen-bond donors (Lipinski definition) is 0. The fourth-order valence-corrected chi connectivity index (χ4v) is 4.28. The van der Waals surface area contributed by atoms with Crippen LogP contribution in [-0.4, -0.2) is 0 Å². The Kier molecular flexibility index (Phi) is 2.64. The largest absolute Gasteiger partial charge is 0.455 e. The minimum Gasteiger partial charge on any atom is -0.455 e. The van der Waals surface area contributed by atoms with E-state index in [9.17, 15) is 0 Å². The van der Waals surface area contributed by atoms with Gasteiger partial charge in [-0.2, -0.15) is 0 Å². The van der Waals surface area contributed by atoms with Crippen LogP contribution in [-0.2, 0) is 12.8 Å². The summed E-state index contributed by atoms with van der Waals surface area (Å²) in [6.07, 6.45) is 9.43. The number of allylic oxidation sites excluding steroid dienone is 2. The molecule has 23 heavy (non-hydrogen) atoms. The monoisotopic (exact) mass is 300 g/mol. The highest BCUT2D eigenvalue weighted by Gasteiger charge is 2.25. The van der Waals surface area contributed by atoms with E-state index < -0.39 is 0 Å². The molecule has 1 heteroatoms. The van der Waals surface area contributed by atoms with E-state index in [4.69, 9.17) is 4.42 Å². The Morgan fingerprint density at radius 2 is 1.43 bits per heavy atom. The van der Waals surface area contributed by atoms with Gasteiger partial charge in [-0.3, -0.25) is 0 Å². The van der Waals surface area contributed by atoms with Crippen LogP contribution in [0.5, 0.6) is 0 Å². The van der Waals surface area contributed by atoms with Gasteiger partial charge in [-0.05, 0) is 62.3 Å². The van der Waals surface area contributed by atoms with E-state index >= 15 is 0 Å². The molecule has 0 bridgehead atoms. The molecule has 0 aliphatic heterocycles. The van der Waals surface area contributed by atoms with Crippen LogP contribution >= 0.6 is 0 Å². The zero-order valence-electron chi connectivity index (χ0n) is 13.7. The van der Waals surface area contributed by atoms with Crippen LogP contribution in [0.25, 0.3) is 34.1 Å². The van der Waals surface area contributed by atoms with Crippen molar-refractivity contribution in [1.82, 2.24) is 0 Å². The van der Waals surface area contributed by atoms with Gasteiger partial charge in [-0.1, -0.05) is 41.5 Å². The second kappa shape index (κ2) is 4.61. The van der Waals surface area contributed by atoms with Gasteiger partial charge in [0, 0.05) is 16.3 Å². The summed E-state index contributed by atoms with van der Waals surface area (Å²) < 4.78 is 6.33. The van der Waals surface area contributed by atoms with E-state index in [0.29, 0.717) is 0 Å². The summed E-state index contributed by atoms with van der Waals surface area (Å²) in [5.74, 6) is 0. The molecular formula is C22H20O. The van der Waals surface area contributed by atoms with Crippen molar-refractivity contribution in [2.75, 3.05) is 0 Å². The van der Waals surface area contributed by atoms with Crippen molar-refractivity contribution in [2.45, 2.75) is 39.5 Å². The Morgan fingerprint density at radius 1 is 0.783 bits per heavy atom. The van der Waals surface area contributed by atoms with Crippen molar-refractivity contribution in [3.8, 4) is 0 Å². The lowest BCUT2D eigenvalue weighted by molar-refractivity contribution is 0.665. The fraction of sp³-hybridized carbons (Fsp3) is 0.273. The van der Waals surface area contributed by atoms with Crippen LogP contribution in [0, 0.1) is 0 Å². The first-order chi connectivity index (χ1) is 11.2. The molecule has 114 valence electrons. The molecule has 0 atom stereocenters. The molecular weight excluding hydrogens is 280 g/mol. The molecule has 2 aliphatic carbocycles. The van der Waals surface area contributed by atoms with Crippen molar-refractivity contribution in [3.05, 3.63) is 57.7 Å². The molecule has 0 unspecified atom stereocenters. The molecule has 0 saturated heterocycles. The van der Waals surface area contributed by atoms with Crippen molar-refractivity contribution in [3.63, 3.8) is 0 Å². The predicted octanol–water partition coefficient (Wildman–Crippen LogP) is 6.29. The van der Waals surface area contributed by atoms with Crippen molar-refractivity contribution >= 4 is 34.1 Å². The second-order valence-corrected chi connectivity index (χ2v) is 7.07. The van der Waals surface area contributed by atoms with Crippen LogP contribution in [0.1, 0.15) is 48.9 Å². The SMILES string of the molecule is CC1=Cc2c(c3c(c4c2oc2ccccc24)C=C(C)CC3)CC1. The maximum absolute atomic E-state index is 6.33. The Balaban J connectivity index is 2.04. The lowest BCUT2D eigenvalue weighted by atomic mass is 9.80. The van der Waals surface area contributed by atoms with Gasteiger partial charge in [0.05, 0.1) is 0 Å². The van der Waals surface area contributed by atoms with E-state index in [2.05, 4.69) is 50.3 Å². The Hall–Kier alpha value is -2.28. The molecule has 1 aromatic heterocycles. The first kappa shape index (κ1) is 13.2. The Morgan fingerprint density at radius 3 is 2.22 bits per heavy atom. The lowest BCUT2D eigenvalue weighted by Gasteiger charge is -2.24. The molecule has 0 spiro atoms. The van der Waals surface area contributed by atoms with Gasteiger partial charge in [-0.25, -0.2) is 0 Å². The zero-order valence-corrected chi connectivity index (χ0v) is 13.7. The molecule has 0 amide bonds. The van der Waals surface area contributed by atoms with E-state index in [-0.39, 0.29) is 0 Å². The number of fused-ring (bicyclic) bond motifs is 8. The third-order valence-corrected chi connectivity index (χ3v) is 5.44. The molecule has 0 fully saturated rings.